The summed E-state index contributed by atoms with van der Waals surface area (Å²) in [5.74, 6) is 0.141. The molecule has 116 valence electrons. The minimum atomic E-state index is -0.498. The Bertz CT molecular complexity index is 632. The first-order valence-corrected chi connectivity index (χ1v) is 7.52. The van der Waals surface area contributed by atoms with Crippen molar-refractivity contribution >= 4 is 17.5 Å². The highest BCUT2D eigenvalue weighted by Gasteiger charge is 2.12. The average Bonchev–Trinajstić information content (AvgIpc) is 2.52. The highest BCUT2D eigenvalue weighted by molar-refractivity contribution is 6.30. The Labute approximate surface area is 135 Å². The van der Waals surface area contributed by atoms with Gasteiger partial charge in [-0.05, 0) is 25.1 Å². The van der Waals surface area contributed by atoms with Crippen LogP contribution in [0.2, 0.25) is 5.02 Å². The normalized spacial score (nSPS) is 11.9. The molecule has 0 aliphatic heterocycles. The summed E-state index contributed by atoms with van der Waals surface area (Å²) in [6.07, 6.45) is 0. The molecule has 22 heavy (non-hydrogen) atoms. The van der Waals surface area contributed by atoms with E-state index < -0.39 is 5.91 Å². The van der Waals surface area contributed by atoms with Crippen molar-refractivity contribution in [1.82, 2.24) is 0 Å². The molecular formula is C17H20ClN2O2+. The van der Waals surface area contributed by atoms with Crippen molar-refractivity contribution in [1.29, 1.82) is 0 Å². The first kappa shape index (κ1) is 16.3. The maximum Gasteiger partial charge on any atom is 0.255 e. The Hall–Kier alpha value is -2.04. The average molecular weight is 320 g/mol. The second-order valence-corrected chi connectivity index (χ2v) is 5.58. The van der Waals surface area contributed by atoms with Crippen LogP contribution in [0.4, 0.5) is 0 Å². The molecule has 0 spiro atoms. The molecule has 4 nitrogen and oxygen atoms in total. The number of benzene rings is 2. The summed E-state index contributed by atoms with van der Waals surface area (Å²) in [7, 11) is 0. The summed E-state index contributed by atoms with van der Waals surface area (Å²) in [4.78, 5) is 10.9. The van der Waals surface area contributed by atoms with Crippen LogP contribution in [0.5, 0.6) is 5.75 Å². The molecule has 0 radical (unpaired) electrons. The van der Waals surface area contributed by atoms with Crippen molar-refractivity contribution < 1.29 is 14.8 Å². The van der Waals surface area contributed by atoms with Crippen LogP contribution in [0, 0.1) is 0 Å². The van der Waals surface area contributed by atoms with Gasteiger partial charge in [-0.15, -0.1) is 0 Å². The van der Waals surface area contributed by atoms with Crippen LogP contribution in [0.15, 0.2) is 48.5 Å². The topological polar surface area (TPSA) is 68.9 Å². The number of hydrogen-bond donors (Lipinski definition) is 2. The number of carbonyl (C=O) groups is 1. The molecule has 0 saturated carbocycles. The fourth-order valence-electron chi connectivity index (χ4n) is 2.19. The summed E-state index contributed by atoms with van der Waals surface area (Å²) in [6.45, 7) is 2.71. The lowest BCUT2D eigenvalue weighted by atomic mass is 10.1. The van der Waals surface area contributed by atoms with Crippen LogP contribution in [-0.2, 0) is 11.3 Å². The third-order valence-electron chi connectivity index (χ3n) is 3.41. The lowest BCUT2D eigenvalue weighted by Crippen LogP contribution is -2.83. The zero-order valence-corrected chi connectivity index (χ0v) is 13.2. The molecular weight excluding hydrogens is 300 g/mol. The van der Waals surface area contributed by atoms with Crippen LogP contribution in [0.3, 0.4) is 0 Å². The molecule has 0 unspecified atom stereocenters. The highest BCUT2D eigenvalue weighted by Crippen LogP contribution is 2.22. The lowest BCUT2D eigenvalue weighted by molar-refractivity contribution is -0.708. The largest absolute Gasteiger partial charge is 0.483 e. The summed E-state index contributed by atoms with van der Waals surface area (Å²) >= 11 is 6.05. The van der Waals surface area contributed by atoms with Gasteiger partial charge in [0.1, 0.15) is 18.3 Å². The molecule has 0 saturated heterocycles. The Morgan fingerprint density at radius 1 is 1.27 bits per heavy atom. The van der Waals surface area contributed by atoms with E-state index in [1.807, 2.05) is 24.3 Å². The van der Waals surface area contributed by atoms with Gasteiger partial charge in [0.2, 0.25) is 0 Å². The third-order valence-corrected chi connectivity index (χ3v) is 3.64. The summed E-state index contributed by atoms with van der Waals surface area (Å²) in [5, 5.41) is 2.83. The molecule has 0 fully saturated rings. The van der Waals surface area contributed by atoms with Gasteiger partial charge < -0.3 is 15.8 Å². The van der Waals surface area contributed by atoms with E-state index in [1.165, 1.54) is 5.56 Å². The first-order chi connectivity index (χ1) is 10.6. The van der Waals surface area contributed by atoms with E-state index in [2.05, 4.69) is 24.4 Å². The zero-order chi connectivity index (χ0) is 15.9. The van der Waals surface area contributed by atoms with E-state index in [1.54, 1.807) is 12.1 Å². The SMILES string of the molecule is C[C@@H]([NH2+]Cc1cc(Cl)ccc1OCC(N)=O)c1ccccc1. The van der Waals surface area contributed by atoms with Crippen LogP contribution in [-0.4, -0.2) is 12.5 Å². The predicted octanol–water partition coefficient (Wildman–Crippen LogP) is 2.03. The molecule has 4 N–H and O–H groups in total. The number of amides is 1. The molecule has 1 amide bonds. The molecule has 0 heterocycles. The number of rotatable bonds is 7. The van der Waals surface area contributed by atoms with Gasteiger partial charge in [-0.2, -0.15) is 0 Å². The van der Waals surface area contributed by atoms with Crippen molar-refractivity contribution in [2.75, 3.05) is 6.61 Å². The van der Waals surface area contributed by atoms with E-state index in [-0.39, 0.29) is 6.61 Å². The van der Waals surface area contributed by atoms with Crippen molar-refractivity contribution in [2.45, 2.75) is 19.5 Å². The Balaban J connectivity index is 2.04. The number of ether oxygens (including phenoxy) is 1. The van der Waals surface area contributed by atoms with Gasteiger partial charge in [0.15, 0.2) is 6.61 Å². The van der Waals surface area contributed by atoms with E-state index >= 15 is 0 Å². The van der Waals surface area contributed by atoms with Crippen molar-refractivity contribution in [3.63, 3.8) is 0 Å². The van der Waals surface area contributed by atoms with Gasteiger partial charge in [-0.3, -0.25) is 4.79 Å². The minimum absolute atomic E-state index is 0.136. The maximum absolute atomic E-state index is 10.9. The Morgan fingerprint density at radius 3 is 2.68 bits per heavy atom. The molecule has 1 atom stereocenters. The quantitative estimate of drug-likeness (QED) is 0.820. The zero-order valence-electron chi connectivity index (χ0n) is 12.5. The minimum Gasteiger partial charge on any atom is -0.483 e. The van der Waals surface area contributed by atoms with Gasteiger partial charge in [-0.25, -0.2) is 0 Å². The lowest BCUT2D eigenvalue weighted by Gasteiger charge is -2.14. The van der Waals surface area contributed by atoms with E-state index in [4.69, 9.17) is 22.1 Å². The summed E-state index contributed by atoms with van der Waals surface area (Å²) in [5.41, 5.74) is 7.32. The highest BCUT2D eigenvalue weighted by atomic mass is 35.5. The smallest absolute Gasteiger partial charge is 0.255 e. The third kappa shape index (κ3) is 4.76. The van der Waals surface area contributed by atoms with Gasteiger partial charge in [0, 0.05) is 16.1 Å². The predicted molar refractivity (Wildman–Crippen MR) is 86.6 cm³/mol. The van der Waals surface area contributed by atoms with Crippen LogP contribution in [0.1, 0.15) is 24.1 Å². The number of hydrogen-bond acceptors (Lipinski definition) is 2. The van der Waals surface area contributed by atoms with Crippen molar-refractivity contribution in [3.05, 3.63) is 64.7 Å². The van der Waals surface area contributed by atoms with Gasteiger partial charge in [0.25, 0.3) is 5.91 Å². The number of primary amides is 1. The van der Waals surface area contributed by atoms with E-state index in [0.29, 0.717) is 23.4 Å². The monoisotopic (exact) mass is 319 g/mol. The molecule has 0 aliphatic rings. The maximum atomic E-state index is 10.9. The van der Waals surface area contributed by atoms with Gasteiger partial charge >= 0.3 is 0 Å². The second kappa shape index (κ2) is 7.82. The number of nitrogens with two attached hydrogens (primary N) is 2. The number of halogens is 1. The van der Waals surface area contributed by atoms with Crippen LogP contribution >= 0.6 is 11.6 Å². The van der Waals surface area contributed by atoms with Crippen molar-refractivity contribution in [3.8, 4) is 5.75 Å². The van der Waals surface area contributed by atoms with E-state index in [0.717, 1.165) is 5.56 Å². The Morgan fingerprint density at radius 2 is 2.00 bits per heavy atom. The van der Waals surface area contributed by atoms with Crippen molar-refractivity contribution in [2.24, 2.45) is 5.73 Å². The van der Waals surface area contributed by atoms with Gasteiger partial charge in [-0.1, -0.05) is 41.9 Å². The second-order valence-electron chi connectivity index (χ2n) is 5.15. The molecule has 2 rings (SSSR count). The molecule has 0 bridgehead atoms. The molecule has 0 aliphatic carbocycles. The Kier molecular flexibility index (Phi) is 5.81. The fraction of sp³-hybridized carbons (Fsp3) is 0.235. The molecule has 0 aromatic heterocycles. The number of quaternary nitrogens is 1. The van der Waals surface area contributed by atoms with Crippen LogP contribution in [0.25, 0.3) is 0 Å². The van der Waals surface area contributed by atoms with Crippen LogP contribution < -0.4 is 15.8 Å². The number of carbonyl (C=O) groups excluding carboxylic acids is 1. The van der Waals surface area contributed by atoms with Gasteiger partial charge in [0.05, 0.1) is 0 Å². The fourth-order valence-corrected chi connectivity index (χ4v) is 2.39. The molecule has 5 heteroatoms. The molecule has 2 aromatic carbocycles. The summed E-state index contributed by atoms with van der Waals surface area (Å²) in [6, 6.07) is 15.9. The van der Waals surface area contributed by atoms with E-state index in [9.17, 15) is 4.79 Å². The molecule has 2 aromatic rings. The first-order valence-electron chi connectivity index (χ1n) is 7.14. The summed E-state index contributed by atoms with van der Waals surface area (Å²) < 4.78 is 5.44. The standard InChI is InChI=1S/C17H19ClN2O2/c1-12(13-5-3-2-4-6-13)20-10-14-9-15(18)7-8-16(14)22-11-17(19)21/h2-9,12,20H,10-11H2,1H3,(H2,19,21)/p+1/t12-/m1/s1.